The average molecular weight is 247 g/mol. The highest BCUT2D eigenvalue weighted by atomic mass is 19.1. The van der Waals surface area contributed by atoms with Crippen LogP contribution in [0.3, 0.4) is 0 Å². The van der Waals surface area contributed by atoms with Crippen LogP contribution < -0.4 is 16.6 Å². The number of carbonyl (C=O) groups is 1. The minimum absolute atomic E-state index is 0.0568. The van der Waals surface area contributed by atoms with Crippen LogP contribution >= 0.6 is 0 Å². The van der Waals surface area contributed by atoms with Gasteiger partial charge in [-0.3, -0.25) is 9.59 Å². The van der Waals surface area contributed by atoms with Crippen molar-refractivity contribution in [2.45, 2.75) is 0 Å². The summed E-state index contributed by atoms with van der Waals surface area (Å²) in [5, 5.41) is 2.52. The van der Waals surface area contributed by atoms with Crippen molar-refractivity contribution in [1.82, 2.24) is 4.98 Å². The lowest BCUT2D eigenvalue weighted by Crippen LogP contribution is -2.15. The highest BCUT2D eigenvalue weighted by molar-refractivity contribution is 6.04. The Hall–Kier alpha value is -2.63. The molecular formula is C12H10FN3O2. The van der Waals surface area contributed by atoms with Gasteiger partial charge in [0.15, 0.2) is 0 Å². The molecular weight excluding hydrogens is 237 g/mol. The van der Waals surface area contributed by atoms with E-state index in [0.717, 1.165) is 6.07 Å². The predicted molar refractivity (Wildman–Crippen MR) is 65.8 cm³/mol. The molecule has 2 aromatic rings. The lowest BCUT2D eigenvalue weighted by Gasteiger charge is -2.06. The number of aromatic amines is 1. The van der Waals surface area contributed by atoms with Crippen LogP contribution in [0.2, 0.25) is 0 Å². The van der Waals surface area contributed by atoms with Crippen LogP contribution in [0, 0.1) is 5.82 Å². The normalized spacial score (nSPS) is 10.1. The number of carbonyl (C=O) groups excluding carboxylic acids is 1. The molecule has 0 saturated heterocycles. The van der Waals surface area contributed by atoms with E-state index in [1.165, 1.54) is 30.5 Å². The number of benzene rings is 1. The van der Waals surface area contributed by atoms with Gasteiger partial charge in [0.05, 0.1) is 5.69 Å². The van der Waals surface area contributed by atoms with Gasteiger partial charge >= 0.3 is 0 Å². The lowest BCUT2D eigenvalue weighted by molar-refractivity contribution is 0.102. The number of aromatic nitrogens is 1. The van der Waals surface area contributed by atoms with Gasteiger partial charge in [-0.1, -0.05) is 0 Å². The third-order valence-electron chi connectivity index (χ3n) is 2.29. The second-order valence-corrected chi connectivity index (χ2v) is 3.63. The summed E-state index contributed by atoms with van der Waals surface area (Å²) in [6, 6.07) is 6.48. The van der Waals surface area contributed by atoms with E-state index in [-0.39, 0.29) is 16.8 Å². The van der Waals surface area contributed by atoms with Gasteiger partial charge in [0.2, 0.25) is 5.56 Å². The van der Waals surface area contributed by atoms with Crippen molar-refractivity contribution in [3.63, 3.8) is 0 Å². The van der Waals surface area contributed by atoms with Crippen molar-refractivity contribution >= 4 is 17.3 Å². The predicted octanol–water partition coefficient (Wildman–Crippen LogP) is 1.35. The van der Waals surface area contributed by atoms with Crippen LogP contribution in [0.1, 0.15) is 10.4 Å². The third kappa shape index (κ3) is 2.54. The molecule has 1 aromatic heterocycles. The number of H-pyrrole nitrogens is 1. The van der Waals surface area contributed by atoms with E-state index in [0.29, 0.717) is 5.69 Å². The number of halogens is 1. The Bertz CT molecular complexity index is 652. The largest absolute Gasteiger partial charge is 0.396 e. The van der Waals surface area contributed by atoms with Crippen LogP contribution in [-0.4, -0.2) is 10.9 Å². The van der Waals surface area contributed by atoms with E-state index in [1.54, 1.807) is 0 Å². The quantitative estimate of drug-likeness (QED) is 0.700. The maximum atomic E-state index is 12.9. The van der Waals surface area contributed by atoms with E-state index >= 15 is 0 Å². The molecule has 92 valence electrons. The Labute approximate surface area is 101 Å². The van der Waals surface area contributed by atoms with Crippen molar-refractivity contribution < 1.29 is 9.18 Å². The maximum Gasteiger partial charge on any atom is 0.255 e. The summed E-state index contributed by atoms with van der Waals surface area (Å²) in [7, 11) is 0. The molecule has 1 amide bonds. The fourth-order valence-electron chi connectivity index (χ4n) is 1.41. The molecule has 1 aromatic carbocycles. The molecule has 0 atom stereocenters. The van der Waals surface area contributed by atoms with Gasteiger partial charge in [-0.2, -0.15) is 0 Å². The summed E-state index contributed by atoms with van der Waals surface area (Å²) in [5.74, 6) is -1.02. The molecule has 0 aliphatic carbocycles. The molecule has 0 saturated carbocycles. The first-order chi connectivity index (χ1) is 8.56. The minimum Gasteiger partial charge on any atom is -0.396 e. The number of hydrogen-bond acceptors (Lipinski definition) is 3. The molecule has 0 fully saturated rings. The number of rotatable bonds is 2. The number of pyridine rings is 1. The highest BCUT2D eigenvalue weighted by Gasteiger charge is 2.07. The topological polar surface area (TPSA) is 88.0 Å². The van der Waals surface area contributed by atoms with Gasteiger partial charge in [0.1, 0.15) is 5.82 Å². The minimum atomic E-state index is -0.552. The Balaban J connectivity index is 2.21. The van der Waals surface area contributed by atoms with Gasteiger partial charge in [-0.15, -0.1) is 0 Å². The number of hydrogen-bond donors (Lipinski definition) is 3. The molecule has 1 heterocycles. The fourth-order valence-corrected chi connectivity index (χ4v) is 1.41. The number of nitrogen functional groups attached to an aromatic ring is 1. The average Bonchev–Trinajstić information content (AvgIpc) is 2.34. The van der Waals surface area contributed by atoms with Crippen LogP contribution in [0.25, 0.3) is 0 Å². The van der Waals surface area contributed by atoms with Crippen molar-refractivity contribution in [2.24, 2.45) is 0 Å². The number of nitrogens with two attached hydrogens (primary N) is 1. The molecule has 0 spiro atoms. The smallest absolute Gasteiger partial charge is 0.255 e. The van der Waals surface area contributed by atoms with Crippen LogP contribution in [-0.2, 0) is 0 Å². The SMILES string of the molecule is Nc1cc(NC(=O)c2cc[nH]c(=O)c2)ccc1F. The third-order valence-corrected chi connectivity index (χ3v) is 2.29. The Kier molecular flexibility index (Phi) is 3.09. The Morgan fingerprint density at radius 3 is 2.72 bits per heavy atom. The van der Waals surface area contributed by atoms with Crippen molar-refractivity contribution in [1.29, 1.82) is 0 Å². The van der Waals surface area contributed by atoms with E-state index in [2.05, 4.69) is 10.3 Å². The molecule has 18 heavy (non-hydrogen) atoms. The Morgan fingerprint density at radius 1 is 1.28 bits per heavy atom. The lowest BCUT2D eigenvalue weighted by atomic mass is 10.2. The molecule has 0 radical (unpaired) electrons. The van der Waals surface area contributed by atoms with Crippen molar-refractivity contribution in [3.8, 4) is 0 Å². The summed E-state index contributed by atoms with van der Waals surface area (Å²) >= 11 is 0. The molecule has 0 bridgehead atoms. The fraction of sp³-hybridized carbons (Fsp3) is 0. The van der Waals surface area contributed by atoms with Crippen molar-refractivity contribution in [3.05, 3.63) is 58.3 Å². The van der Waals surface area contributed by atoms with Crippen LogP contribution in [0.4, 0.5) is 15.8 Å². The van der Waals surface area contributed by atoms with E-state index in [9.17, 15) is 14.0 Å². The monoisotopic (exact) mass is 247 g/mol. The first kappa shape index (κ1) is 11.8. The van der Waals surface area contributed by atoms with Gasteiger partial charge in [-0.05, 0) is 24.3 Å². The number of nitrogens with one attached hydrogen (secondary N) is 2. The molecule has 4 N–H and O–H groups in total. The van der Waals surface area contributed by atoms with E-state index < -0.39 is 11.7 Å². The molecule has 0 aliphatic rings. The summed E-state index contributed by atoms with van der Waals surface area (Å²) in [5.41, 5.74) is 5.52. The number of anilines is 2. The van der Waals surface area contributed by atoms with Crippen LogP contribution in [0.15, 0.2) is 41.3 Å². The second-order valence-electron chi connectivity index (χ2n) is 3.63. The van der Waals surface area contributed by atoms with Crippen molar-refractivity contribution in [2.75, 3.05) is 11.1 Å². The van der Waals surface area contributed by atoms with E-state index in [1.807, 2.05) is 0 Å². The molecule has 6 heteroatoms. The van der Waals surface area contributed by atoms with Gasteiger partial charge < -0.3 is 16.0 Å². The van der Waals surface area contributed by atoms with Gasteiger partial charge in [0, 0.05) is 23.5 Å². The number of amides is 1. The summed E-state index contributed by atoms with van der Waals surface area (Å²) < 4.78 is 12.9. The highest BCUT2D eigenvalue weighted by Crippen LogP contribution is 2.16. The standard InChI is InChI=1S/C12H10FN3O2/c13-9-2-1-8(6-10(9)14)16-12(18)7-3-4-15-11(17)5-7/h1-6H,14H2,(H,15,17)(H,16,18). The van der Waals surface area contributed by atoms with Gasteiger partial charge in [0.25, 0.3) is 5.91 Å². The summed E-state index contributed by atoms with van der Waals surface area (Å²) in [6.45, 7) is 0. The zero-order valence-electron chi connectivity index (χ0n) is 9.24. The first-order valence-corrected chi connectivity index (χ1v) is 5.11. The first-order valence-electron chi connectivity index (χ1n) is 5.11. The summed E-state index contributed by atoms with van der Waals surface area (Å²) in [4.78, 5) is 25.2. The van der Waals surface area contributed by atoms with Gasteiger partial charge in [-0.25, -0.2) is 4.39 Å². The molecule has 2 rings (SSSR count). The van der Waals surface area contributed by atoms with E-state index in [4.69, 9.17) is 5.73 Å². The molecule has 5 nitrogen and oxygen atoms in total. The van der Waals surface area contributed by atoms with Crippen LogP contribution in [0.5, 0.6) is 0 Å². The summed E-state index contributed by atoms with van der Waals surface area (Å²) in [6.07, 6.45) is 1.37. The second kappa shape index (κ2) is 4.70. The zero-order chi connectivity index (χ0) is 13.1. The maximum absolute atomic E-state index is 12.9. The molecule has 0 unspecified atom stereocenters. The Morgan fingerprint density at radius 2 is 2.06 bits per heavy atom. The zero-order valence-corrected chi connectivity index (χ0v) is 9.24. The molecule has 0 aliphatic heterocycles.